The molecule has 2 aliphatic heterocycles. The van der Waals surface area contributed by atoms with Gasteiger partial charge in [-0.2, -0.15) is 0 Å². The number of carbonyl (C=O) groups excluding carboxylic acids is 1. The Bertz CT molecular complexity index is 511. The summed E-state index contributed by atoms with van der Waals surface area (Å²) in [6.45, 7) is 1.91. The van der Waals surface area contributed by atoms with E-state index in [0.29, 0.717) is 0 Å². The number of nitrogens with zero attached hydrogens (tertiary/aromatic N) is 1. The lowest BCUT2D eigenvalue weighted by molar-refractivity contribution is -0.144. The van der Waals surface area contributed by atoms with Gasteiger partial charge in [0.1, 0.15) is 0 Å². The summed E-state index contributed by atoms with van der Waals surface area (Å²) >= 11 is 0. The van der Waals surface area contributed by atoms with Crippen molar-refractivity contribution in [3.63, 3.8) is 0 Å². The zero-order chi connectivity index (χ0) is 15.0. The first-order valence-corrected chi connectivity index (χ1v) is 8.18. The number of amides is 2. The molecule has 0 aromatic carbocycles. The molecule has 2 amide bonds. The highest BCUT2D eigenvalue weighted by molar-refractivity contribution is 7.91. The number of aliphatic carboxylic acids is 1. The summed E-state index contributed by atoms with van der Waals surface area (Å²) in [5.41, 5.74) is -1.41. The SMILES string of the molecule is CC1CS(=O)(=O)CCN1C(=O)NC1(C(=O)O)CCOC1. The minimum absolute atomic E-state index is 0.0748. The minimum atomic E-state index is -3.12. The van der Waals surface area contributed by atoms with Gasteiger partial charge in [0, 0.05) is 25.6 Å². The first-order valence-electron chi connectivity index (χ1n) is 6.36. The Labute approximate surface area is 117 Å². The number of carboxylic acid groups (broad SMARTS) is 1. The van der Waals surface area contributed by atoms with E-state index in [0.717, 1.165) is 0 Å². The van der Waals surface area contributed by atoms with Gasteiger partial charge in [-0.15, -0.1) is 0 Å². The fourth-order valence-electron chi connectivity index (χ4n) is 2.46. The Kier molecular flexibility index (Phi) is 3.92. The van der Waals surface area contributed by atoms with E-state index in [4.69, 9.17) is 4.74 Å². The molecule has 114 valence electrons. The molecule has 2 unspecified atom stereocenters. The standard InChI is InChI=1S/C11H18N2O6S/c1-8-6-20(17,18)5-3-13(8)10(16)12-11(9(14)15)2-4-19-7-11/h8H,2-7H2,1H3,(H,12,16)(H,14,15). The number of carboxylic acids is 1. The van der Waals surface area contributed by atoms with E-state index in [1.54, 1.807) is 6.92 Å². The normalized spacial score (nSPS) is 32.9. The van der Waals surface area contributed by atoms with Gasteiger partial charge in [-0.3, -0.25) is 0 Å². The number of ether oxygens (including phenoxy) is 1. The first kappa shape index (κ1) is 15.0. The van der Waals surface area contributed by atoms with Gasteiger partial charge in [0.2, 0.25) is 0 Å². The molecule has 0 bridgehead atoms. The minimum Gasteiger partial charge on any atom is -0.479 e. The van der Waals surface area contributed by atoms with Crippen LogP contribution in [0.2, 0.25) is 0 Å². The van der Waals surface area contributed by atoms with E-state index in [1.807, 2.05) is 0 Å². The van der Waals surface area contributed by atoms with Crippen molar-refractivity contribution in [2.45, 2.75) is 24.9 Å². The van der Waals surface area contributed by atoms with Crippen LogP contribution in [0.3, 0.4) is 0 Å². The third-order valence-electron chi connectivity index (χ3n) is 3.71. The van der Waals surface area contributed by atoms with Gasteiger partial charge in [-0.05, 0) is 6.92 Å². The smallest absolute Gasteiger partial charge is 0.332 e. The summed E-state index contributed by atoms with van der Waals surface area (Å²) in [5, 5.41) is 11.7. The van der Waals surface area contributed by atoms with Crippen molar-refractivity contribution >= 4 is 21.8 Å². The van der Waals surface area contributed by atoms with Crippen molar-refractivity contribution < 1.29 is 27.9 Å². The predicted octanol–water partition coefficient (Wildman–Crippen LogP) is -0.941. The predicted molar refractivity (Wildman–Crippen MR) is 69.2 cm³/mol. The van der Waals surface area contributed by atoms with Gasteiger partial charge in [-0.1, -0.05) is 0 Å². The van der Waals surface area contributed by atoms with Crippen LogP contribution in [0, 0.1) is 0 Å². The molecule has 0 aromatic rings. The Hall–Kier alpha value is -1.35. The van der Waals surface area contributed by atoms with E-state index in [1.165, 1.54) is 4.90 Å². The maximum absolute atomic E-state index is 12.2. The lowest BCUT2D eigenvalue weighted by Gasteiger charge is -2.35. The van der Waals surface area contributed by atoms with Crippen LogP contribution in [-0.2, 0) is 19.4 Å². The van der Waals surface area contributed by atoms with Gasteiger partial charge in [-0.25, -0.2) is 18.0 Å². The lowest BCUT2D eigenvalue weighted by atomic mass is 9.99. The maximum Gasteiger partial charge on any atom is 0.332 e. The Balaban J connectivity index is 2.07. The van der Waals surface area contributed by atoms with Crippen LogP contribution in [0.4, 0.5) is 4.79 Å². The number of nitrogens with one attached hydrogen (secondary N) is 1. The highest BCUT2D eigenvalue weighted by atomic mass is 32.2. The van der Waals surface area contributed by atoms with Crippen LogP contribution in [0.5, 0.6) is 0 Å². The third-order valence-corrected chi connectivity index (χ3v) is 5.50. The van der Waals surface area contributed by atoms with Crippen LogP contribution in [0.25, 0.3) is 0 Å². The Morgan fingerprint density at radius 3 is 2.65 bits per heavy atom. The largest absolute Gasteiger partial charge is 0.479 e. The van der Waals surface area contributed by atoms with Gasteiger partial charge in [0.25, 0.3) is 0 Å². The van der Waals surface area contributed by atoms with Gasteiger partial charge >= 0.3 is 12.0 Å². The molecule has 20 heavy (non-hydrogen) atoms. The molecule has 0 aliphatic carbocycles. The molecule has 2 rings (SSSR count). The summed E-state index contributed by atoms with van der Waals surface area (Å²) in [5.74, 6) is -1.33. The summed E-state index contributed by atoms with van der Waals surface area (Å²) < 4.78 is 28.0. The summed E-state index contributed by atoms with van der Waals surface area (Å²) in [6.07, 6.45) is 0.203. The number of sulfone groups is 1. The fourth-order valence-corrected chi connectivity index (χ4v) is 4.02. The zero-order valence-corrected chi connectivity index (χ0v) is 12.0. The zero-order valence-electron chi connectivity index (χ0n) is 11.2. The third kappa shape index (κ3) is 2.88. The molecule has 9 heteroatoms. The van der Waals surface area contributed by atoms with E-state index in [9.17, 15) is 23.1 Å². The van der Waals surface area contributed by atoms with Gasteiger partial charge < -0.3 is 20.1 Å². The number of rotatable bonds is 2. The number of hydrogen-bond acceptors (Lipinski definition) is 5. The maximum atomic E-state index is 12.2. The molecular weight excluding hydrogens is 288 g/mol. The second kappa shape index (κ2) is 5.21. The second-order valence-electron chi connectivity index (χ2n) is 5.28. The molecule has 2 heterocycles. The second-order valence-corrected chi connectivity index (χ2v) is 7.51. The number of hydrogen-bond donors (Lipinski definition) is 2. The molecule has 0 saturated carbocycles. The molecule has 2 atom stereocenters. The van der Waals surface area contributed by atoms with Crippen LogP contribution in [0.15, 0.2) is 0 Å². The van der Waals surface area contributed by atoms with E-state index in [-0.39, 0.29) is 37.7 Å². The molecule has 2 saturated heterocycles. The van der Waals surface area contributed by atoms with Crippen molar-refractivity contribution in [3.8, 4) is 0 Å². The molecule has 2 aliphatic rings. The van der Waals surface area contributed by atoms with E-state index >= 15 is 0 Å². The molecule has 2 fully saturated rings. The van der Waals surface area contributed by atoms with Gasteiger partial charge in [0.15, 0.2) is 15.4 Å². The van der Waals surface area contributed by atoms with Crippen LogP contribution >= 0.6 is 0 Å². The monoisotopic (exact) mass is 306 g/mol. The average molecular weight is 306 g/mol. The van der Waals surface area contributed by atoms with E-state index in [2.05, 4.69) is 5.32 Å². The van der Waals surface area contributed by atoms with Crippen molar-refractivity contribution in [2.24, 2.45) is 0 Å². The lowest BCUT2D eigenvalue weighted by Crippen LogP contribution is -2.61. The molecule has 2 N–H and O–H groups in total. The first-order chi connectivity index (χ1) is 9.26. The highest BCUT2D eigenvalue weighted by Crippen LogP contribution is 2.20. The van der Waals surface area contributed by atoms with Gasteiger partial charge in [0.05, 0.1) is 18.1 Å². The topological polar surface area (TPSA) is 113 Å². The molecule has 0 aromatic heterocycles. The van der Waals surface area contributed by atoms with Crippen LogP contribution in [0.1, 0.15) is 13.3 Å². The number of carbonyl (C=O) groups is 2. The molecule has 0 radical (unpaired) electrons. The fraction of sp³-hybridized carbons (Fsp3) is 0.818. The van der Waals surface area contributed by atoms with Crippen LogP contribution < -0.4 is 5.32 Å². The highest BCUT2D eigenvalue weighted by Gasteiger charge is 2.45. The summed E-state index contributed by atoms with van der Waals surface area (Å²) in [6, 6.07) is -1.03. The van der Waals surface area contributed by atoms with E-state index < -0.39 is 33.4 Å². The molecule has 0 spiro atoms. The van der Waals surface area contributed by atoms with Crippen molar-refractivity contribution in [1.82, 2.24) is 10.2 Å². The van der Waals surface area contributed by atoms with Crippen LogP contribution in [-0.4, -0.2) is 73.3 Å². The molecular formula is C11H18N2O6S. The van der Waals surface area contributed by atoms with Crippen molar-refractivity contribution in [1.29, 1.82) is 0 Å². The Morgan fingerprint density at radius 1 is 1.45 bits per heavy atom. The van der Waals surface area contributed by atoms with Crippen molar-refractivity contribution in [3.05, 3.63) is 0 Å². The average Bonchev–Trinajstić information content (AvgIpc) is 2.77. The van der Waals surface area contributed by atoms with Crippen molar-refractivity contribution in [2.75, 3.05) is 31.3 Å². The Morgan fingerprint density at radius 2 is 2.15 bits per heavy atom. The summed E-state index contributed by atoms with van der Waals surface area (Å²) in [7, 11) is -3.12. The summed E-state index contributed by atoms with van der Waals surface area (Å²) in [4.78, 5) is 24.9. The molecule has 8 nitrogen and oxygen atoms in total. The quantitative estimate of drug-likeness (QED) is 0.680. The number of urea groups is 1.